The maximum Gasteiger partial charge on any atom is 0.407 e. The van der Waals surface area contributed by atoms with Crippen molar-refractivity contribution < 1.29 is 9.53 Å². The third-order valence-corrected chi connectivity index (χ3v) is 2.59. The lowest BCUT2D eigenvalue weighted by Gasteiger charge is -2.28. The molecule has 0 saturated heterocycles. The highest BCUT2D eigenvalue weighted by atomic mass is 16.5. The molecule has 0 aromatic rings. The first-order chi connectivity index (χ1) is 6.60. The molecule has 0 aromatic carbocycles. The van der Waals surface area contributed by atoms with E-state index in [2.05, 4.69) is 5.32 Å². The number of amidine groups is 1. The summed E-state index contributed by atoms with van der Waals surface area (Å²) < 4.78 is 4.78. The second-order valence-electron chi connectivity index (χ2n) is 3.55. The fourth-order valence-corrected chi connectivity index (χ4v) is 1.80. The van der Waals surface area contributed by atoms with Crippen molar-refractivity contribution >= 4 is 11.9 Å². The first-order valence-corrected chi connectivity index (χ1v) is 4.90. The summed E-state index contributed by atoms with van der Waals surface area (Å²) in [5, 5.41) is 10.2. The number of carbonyl (C=O) groups excluding carboxylic acids is 1. The molecule has 80 valence electrons. The topological polar surface area (TPSA) is 88.2 Å². The van der Waals surface area contributed by atoms with Crippen molar-refractivity contribution in [1.82, 2.24) is 5.32 Å². The number of hydrogen-bond donors (Lipinski definition) is 3. The largest absolute Gasteiger partial charge is 0.450 e. The second kappa shape index (κ2) is 4.30. The van der Waals surface area contributed by atoms with Crippen LogP contribution in [-0.4, -0.2) is 24.1 Å². The zero-order valence-electron chi connectivity index (χ0n) is 8.43. The molecule has 5 heteroatoms. The molecule has 0 radical (unpaired) electrons. The zero-order chi connectivity index (χ0) is 10.6. The van der Waals surface area contributed by atoms with Gasteiger partial charge in [0.15, 0.2) is 0 Å². The Labute approximate surface area is 83.5 Å². The summed E-state index contributed by atoms with van der Waals surface area (Å²) in [5.41, 5.74) is 4.84. The molecule has 5 nitrogen and oxygen atoms in total. The molecule has 1 amide bonds. The number of rotatable bonds is 3. The van der Waals surface area contributed by atoms with Crippen LogP contribution in [0.5, 0.6) is 0 Å². The Balaban J connectivity index is 2.60. The van der Waals surface area contributed by atoms with E-state index in [9.17, 15) is 4.79 Å². The van der Waals surface area contributed by atoms with Gasteiger partial charge in [-0.25, -0.2) is 4.79 Å². The summed E-state index contributed by atoms with van der Waals surface area (Å²) in [5.74, 6) is 0.0306. The molecule has 0 aromatic heterocycles. The molecule has 0 aliphatic heterocycles. The predicted molar refractivity (Wildman–Crippen MR) is 53.3 cm³/mol. The van der Waals surface area contributed by atoms with Gasteiger partial charge in [-0.05, 0) is 19.8 Å². The van der Waals surface area contributed by atoms with Crippen molar-refractivity contribution in [1.29, 1.82) is 5.41 Å². The fourth-order valence-electron chi connectivity index (χ4n) is 1.80. The van der Waals surface area contributed by atoms with E-state index in [1.165, 1.54) is 0 Å². The monoisotopic (exact) mass is 199 g/mol. The van der Waals surface area contributed by atoms with Crippen LogP contribution in [0.4, 0.5) is 4.79 Å². The Morgan fingerprint density at radius 1 is 1.57 bits per heavy atom. The summed E-state index contributed by atoms with van der Waals surface area (Å²) >= 11 is 0. The molecular formula is C9H17N3O2. The van der Waals surface area contributed by atoms with Crippen molar-refractivity contribution in [2.24, 2.45) is 5.73 Å². The van der Waals surface area contributed by atoms with Crippen LogP contribution < -0.4 is 11.1 Å². The van der Waals surface area contributed by atoms with Crippen LogP contribution in [0.15, 0.2) is 0 Å². The highest BCUT2D eigenvalue weighted by Crippen LogP contribution is 2.29. The minimum atomic E-state index is -0.647. The van der Waals surface area contributed by atoms with Crippen LogP contribution in [0.2, 0.25) is 0 Å². The molecule has 1 aliphatic rings. The number of nitrogens with two attached hydrogens (primary N) is 1. The van der Waals surface area contributed by atoms with Crippen LogP contribution in [0.25, 0.3) is 0 Å². The fraction of sp³-hybridized carbons (Fsp3) is 0.778. The smallest absolute Gasteiger partial charge is 0.407 e. The Morgan fingerprint density at radius 2 is 2.14 bits per heavy atom. The van der Waals surface area contributed by atoms with Crippen LogP contribution in [0, 0.1) is 5.41 Å². The molecule has 0 heterocycles. The maximum absolute atomic E-state index is 11.2. The summed E-state index contributed by atoms with van der Waals surface area (Å²) in [7, 11) is 0. The van der Waals surface area contributed by atoms with Gasteiger partial charge in [0, 0.05) is 0 Å². The van der Waals surface area contributed by atoms with E-state index in [1.54, 1.807) is 6.92 Å². The average Bonchev–Trinajstić information content (AvgIpc) is 2.54. The molecule has 0 bridgehead atoms. The third-order valence-electron chi connectivity index (χ3n) is 2.59. The van der Waals surface area contributed by atoms with Gasteiger partial charge >= 0.3 is 6.09 Å². The normalized spacial score (nSPS) is 18.9. The quantitative estimate of drug-likeness (QED) is 0.467. The van der Waals surface area contributed by atoms with Gasteiger partial charge in [0.25, 0.3) is 0 Å². The van der Waals surface area contributed by atoms with E-state index < -0.39 is 11.6 Å². The lowest BCUT2D eigenvalue weighted by Crippen LogP contribution is -2.55. The van der Waals surface area contributed by atoms with E-state index in [0.717, 1.165) is 25.7 Å². The van der Waals surface area contributed by atoms with E-state index in [-0.39, 0.29) is 5.84 Å². The van der Waals surface area contributed by atoms with E-state index in [0.29, 0.717) is 6.61 Å². The van der Waals surface area contributed by atoms with Crippen LogP contribution in [0.1, 0.15) is 32.6 Å². The number of alkyl carbamates (subject to hydrolysis) is 1. The van der Waals surface area contributed by atoms with Crippen LogP contribution in [0.3, 0.4) is 0 Å². The summed E-state index contributed by atoms with van der Waals surface area (Å²) in [6.07, 6.45) is 2.98. The Bertz CT molecular complexity index is 234. The van der Waals surface area contributed by atoms with Gasteiger partial charge in [0.2, 0.25) is 0 Å². The van der Waals surface area contributed by atoms with Gasteiger partial charge in [-0.3, -0.25) is 5.41 Å². The second-order valence-corrected chi connectivity index (χ2v) is 3.55. The van der Waals surface area contributed by atoms with Crippen LogP contribution >= 0.6 is 0 Å². The molecule has 1 aliphatic carbocycles. The van der Waals surface area contributed by atoms with Crippen molar-refractivity contribution in [3.63, 3.8) is 0 Å². The number of hydrogen-bond acceptors (Lipinski definition) is 3. The van der Waals surface area contributed by atoms with E-state index in [4.69, 9.17) is 15.9 Å². The number of ether oxygens (including phenoxy) is 1. The molecule has 0 atom stereocenters. The first kappa shape index (κ1) is 10.8. The van der Waals surface area contributed by atoms with Crippen molar-refractivity contribution in [2.45, 2.75) is 38.1 Å². The molecule has 1 rings (SSSR count). The molecule has 0 unspecified atom stereocenters. The minimum absolute atomic E-state index is 0.0306. The first-order valence-electron chi connectivity index (χ1n) is 4.90. The maximum atomic E-state index is 11.2. The van der Waals surface area contributed by atoms with Gasteiger partial charge in [0.05, 0.1) is 12.1 Å². The average molecular weight is 199 g/mol. The van der Waals surface area contributed by atoms with Gasteiger partial charge < -0.3 is 15.8 Å². The third kappa shape index (κ3) is 2.16. The van der Waals surface area contributed by atoms with Gasteiger partial charge in [-0.15, -0.1) is 0 Å². The number of carbonyl (C=O) groups is 1. The molecule has 1 fully saturated rings. The predicted octanol–water partition coefficient (Wildman–Crippen LogP) is 0.981. The number of amides is 1. The molecule has 1 saturated carbocycles. The molecular weight excluding hydrogens is 182 g/mol. The molecule has 4 N–H and O–H groups in total. The number of nitrogens with one attached hydrogen (secondary N) is 2. The minimum Gasteiger partial charge on any atom is -0.450 e. The standard InChI is InChI=1S/C9H17N3O2/c1-2-14-8(13)12-9(7(10)11)5-3-4-6-9/h2-6H2,1H3,(H3,10,11)(H,12,13). The Morgan fingerprint density at radius 3 is 2.57 bits per heavy atom. The van der Waals surface area contributed by atoms with Crippen LogP contribution in [-0.2, 0) is 4.74 Å². The summed E-state index contributed by atoms with van der Waals surface area (Å²) in [4.78, 5) is 11.2. The Hall–Kier alpha value is -1.26. The SMILES string of the molecule is CCOC(=O)NC1(C(=N)N)CCCC1. The van der Waals surface area contributed by atoms with Crippen molar-refractivity contribution in [2.75, 3.05) is 6.61 Å². The zero-order valence-corrected chi connectivity index (χ0v) is 8.43. The summed E-state index contributed by atoms with van der Waals surface area (Å²) in [6.45, 7) is 2.08. The highest BCUT2D eigenvalue weighted by molar-refractivity contribution is 5.91. The summed E-state index contributed by atoms with van der Waals surface area (Å²) in [6, 6.07) is 0. The molecule has 14 heavy (non-hydrogen) atoms. The lowest BCUT2D eigenvalue weighted by molar-refractivity contribution is 0.144. The van der Waals surface area contributed by atoms with Crippen molar-refractivity contribution in [3.8, 4) is 0 Å². The van der Waals surface area contributed by atoms with E-state index in [1.807, 2.05) is 0 Å². The lowest BCUT2D eigenvalue weighted by atomic mass is 9.96. The van der Waals surface area contributed by atoms with Gasteiger partial charge in [-0.2, -0.15) is 0 Å². The Kier molecular flexibility index (Phi) is 3.33. The molecule has 0 spiro atoms. The van der Waals surface area contributed by atoms with E-state index >= 15 is 0 Å². The van der Waals surface area contributed by atoms with Crippen molar-refractivity contribution in [3.05, 3.63) is 0 Å². The highest BCUT2D eigenvalue weighted by Gasteiger charge is 2.38. The van der Waals surface area contributed by atoms with Gasteiger partial charge in [0.1, 0.15) is 5.84 Å². The van der Waals surface area contributed by atoms with Gasteiger partial charge in [-0.1, -0.05) is 12.8 Å².